The SMILES string of the molecule is CC(C)(C)OC(=O)NCC(O)C(O)c1ccc(OC(F)(F)F)cc1O. The van der Waals surface area contributed by atoms with Gasteiger partial charge in [-0.3, -0.25) is 0 Å². The number of amides is 1. The van der Waals surface area contributed by atoms with Gasteiger partial charge in [-0.15, -0.1) is 13.2 Å². The fraction of sp³-hybridized carbons (Fsp3) is 0.533. The largest absolute Gasteiger partial charge is 0.573 e. The molecule has 0 aliphatic carbocycles. The smallest absolute Gasteiger partial charge is 0.507 e. The van der Waals surface area contributed by atoms with Crippen LogP contribution >= 0.6 is 0 Å². The molecule has 0 aromatic heterocycles. The van der Waals surface area contributed by atoms with E-state index in [0.717, 1.165) is 12.1 Å². The van der Waals surface area contributed by atoms with Gasteiger partial charge >= 0.3 is 12.5 Å². The Balaban J connectivity index is 2.69. The zero-order chi connectivity index (χ0) is 19.4. The van der Waals surface area contributed by atoms with Crippen LogP contribution in [0, 0.1) is 0 Å². The molecule has 0 aliphatic rings. The third-order valence-electron chi connectivity index (χ3n) is 2.77. The lowest BCUT2D eigenvalue weighted by Crippen LogP contribution is -2.38. The first-order chi connectivity index (χ1) is 11.3. The number of hydrogen-bond acceptors (Lipinski definition) is 6. The third-order valence-corrected chi connectivity index (χ3v) is 2.77. The van der Waals surface area contributed by atoms with E-state index in [1.807, 2.05) is 0 Å². The van der Waals surface area contributed by atoms with E-state index in [9.17, 15) is 33.3 Å². The number of phenolic OH excluding ortho intramolecular Hbond substituents is 1. The van der Waals surface area contributed by atoms with Gasteiger partial charge in [0, 0.05) is 18.2 Å². The van der Waals surface area contributed by atoms with Crippen molar-refractivity contribution in [1.82, 2.24) is 5.32 Å². The average Bonchev–Trinajstić information content (AvgIpc) is 2.40. The number of benzene rings is 1. The Kier molecular flexibility index (Phi) is 6.49. The normalized spacial score (nSPS) is 14.6. The Hall–Kier alpha value is -2.20. The molecule has 1 aromatic carbocycles. The highest BCUT2D eigenvalue weighted by molar-refractivity contribution is 5.67. The zero-order valence-corrected chi connectivity index (χ0v) is 13.8. The van der Waals surface area contributed by atoms with Gasteiger partial charge in [-0.05, 0) is 32.9 Å². The standard InChI is InChI=1S/C15H20F3NO6/c1-14(2,3)25-13(23)19-7-11(21)12(22)9-5-4-8(6-10(9)20)24-15(16,17)18/h4-6,11-12,20-22H,7H2,1-3H3,(H,19,23). The van der Waals surface area contributed by atoms with E-state index < -0.39 is 48.3 Å². The molecule has 1 amide bonds. The Morgan fingerprint density at radius 2 is 1.84 bits per heavy atom. The summed E-state index contributed by atoms with van der Waals surface area (Å²) in [5.41, 5.74) is -0.978. The van der Waals surface area contributed by atoms with Gasteiger partial charge in [-0.1, -0.05) is 0 Å². The van der Waals surface area contributed by atoms with E-state index >= 15 is 0 Å². The van der Waals surface area contributed by atoms with Gasteiger partial charge in [0.1, 0.15) is 29.3 Å². The lowest BCUT2D eigenvalue weighted by Gasteiger charge is -2.22. The average molecular weight is 367 g/mol. The number of rotatable bonds is 5. The van der Waals surface area contributed by atoms with Crippen molar-refractivity contribution in [1.29, 1.82) is 0 Å². The molecule has 10 heteroatoms. The van der Waals surface area contributed by atoms with Crippen LogP contribution in [-0.4, -0.2) is 46.0 Å². The van der Waals surface area contributed by atoms with Gasteiger partial charge in [-0.2, -0.15) is 0 Å². The van der Waals surface area contributed by atoms with Crippen molar-refractivity contribution in [3.05, 3.63) is 23.8 Å². The molecule has 142 valence electrons. The molecule has 0 saturated heterocycles. The number of phenols is 1. The molecule has 0 bridgehead atoms. The van der Waals surface area contributed by atoms with E-state index in [1.54, 1.807) is 20.8 Å². The van der Waals surface area contributed by atoms with Crippen molar-refractivity contribution in [2.45, 2.75) is 44.9 Å². The summed E-state index contributed by atoms with van der Waals surface area (Å²) in [6.07, 6.45) is -8.94. The molecule has 0 fully saturated rings. The summed E-state index contributed by atoms with van der Waals surface area (Å²) in [7, 11) is 0. The highest BCUT2D eigenvalue weighted by Gasteiger charge is 2.32. The number of alkyl carbamates (subject to hydrolysis) is 1. The highest BCUT2D eigenvalue weighted by Crippen LogP contribution is 2.32. The van der Waals surface area contributed by atoms with E-state index in [4.69, 9.17) is 4.74 Å². The third kappa shape index (κ3) is 7.48. The highest BCUT2D eigenvalue weighted by atomic mass is 19.4. The second-order valence-corrected chi connectivity index (χ2v) is 6.16. The molecule has 0 aliphatic heterocycles. The van der Waals surface area contributed by atoms with Crippen molar-refractivity contribution in [3.8, 4) is 11.5 Å². The number of nitrogens with one attached hydrogen (secondary N) is 1. The van der Waals surface area contributed by atoms with E-state index in [2.05, 4.69) is 10.1 Å². The van der Waals surface area contributed by atoms with Crippen LogP contribution in [0.15, 0.2) is 18.2 Å². The lowest BCUT2D eigenvalue weighted by molar-refractivity contribution is -0.274. The van der Waals surface area contributed by atoms with Crippen LogP contribution in [0.5, 0.6) is 11.5 Å². The molecule has 1 rings (SSSR count). The number of aromatic hydroxyl groups is 1. The molecule has 1 aromatic rings. The number of alkyl halides is 3. The molecular weight excluding hydrogens is 347 g/mol. The van der Waals surface area contributed by atoms with Gasteiger partial charge in [0.05, 0.1) is 0 Å². The van der Waals surface area contributed by atoms with Crippen LogP contribution in [0.2, 0.25) is 0 Å². The number of aliphatic hydroxyl groups is 2. The minimum Gasteiger partial charge on any atom is -0.507 e. The number of carbonyl (C=O) groups is 1. The van der Waals surface area contributed by atoms with E-state index in [-0.39, 0.29) is 5.56 Å². The van der Waals surface area contributed by atoms with Crippen LogP contribution in [0.25, 0.3) is 0 Å². The van der Waals surface area contributed by atoms with Gasteiger partial charge < -0.3 is 30.1 Å². The first kappa shape index (κ1) is 20.8. The number of carbonyl (C=O) groups excluding carboxylic acids is 1. The van der Waals surface area contributed by atoms with Crippen LogP contribution in [-0.2, 0) is 4.74 Å². The Morgan fingerprint density at radius 1 is 1.24 bits per heavy atom. The van der Waals surface area contributed by atoms with E-state index in [0.29, 0.717) is 6.07 Å². The summed E-state index contributed by atoms with van der Waals surface area (Å²) >= 11 is 0. The van der Waals surface area contributed by atoms with Crippen LogP contribution in [0.4, 0.5) is 18.0 Å². The molecule has 0 saturated carbocycles. The summed E-state index contributed by atoms with van der Waals surface area (Å²) in [6.45, 7) is 4.51. The fourth-order valence-corrected chi connectivity index (χ4v) is 1.79. The van der Waals surface area contributed by atoms with Crippen LogP contribution in [0.3, 0.4) is 0 Å². The predicted molar refractivity (Wildman–Crippen MR) is 80.0 cm³/mol. The van der Waals surface area contributed by atoms with Crippen molar-refractivity contribution in [3.63, 3.8) is 0 Å². The molecule has 4 N–H and O–H groups in total. The first-order valence-electron chi connectivity index (χ1n) is 7.20. The van der Waals surface area contributed by atoms with Crippen molar-refractivity contribution in [2.75, 3.05) is 6.54 Å². The summed E-state index contributed by atoms with van der Waals surface area (Å²) in [6, 6.07) is 2.50. The molecule has 0 radical (unpaired) electrons. The second-order valence-electron chi connectivity index (χ2n) is 6.16. The molecule has 0 heterocycles. The summed E-state index contributed by atoms with van der Waals surface area (Å²) in [4.78, 5) is 11.5. The Bertz CT molecular complexity index is 600. The number of aliphatic hydroxyl groups excluding tert-OH is 2. The van der Waals surface area contributed by atoms with Crippen LogP contribution < -0.4 is 10.1 Å². The quantitative estimate of drug-likeness (QED) is 0.636. The topological polar surface area (TPSA) is 108 Å². The monoisotopic (exact) mass is 367 g/mol. The maximum absolute atomic E-state index is 12.1. The lowest BCUT2D eigenvalue weighted by atomic mass is 10.0. The number of hydrogen-bond donors (Lipinski definition) is 4. The molecule has 2 atom stereocenters. The van der Waals surface area contributed by atoms with E-state index in [1.165, 1.54) is 0 Å². The van der Waals surface area contributed by atoms with Crippen molar-refractivity contribution in [2.24, 2.45) is 0 Å². The Labute approximate surface area is 142 Å². The summed E-state index contributed by atoms with van der Waals surface area (Å²) < 4.78 is 44.9. The summed E-state index contributed by atoms with van der Waals surface area (Å²) in [5.74, 6) is -1.38. The maximum atomic E-state index is 12.1. The minimum atomic E-state index is -4.93. The molecule has 25 heavy (non-hydrogen) atoms. The van der Waals surface area contributed by atoms with Crippen molar-refractivity contribution >= 4 is 6.09 Å². The van der Waals surface area contributed by atoms with Gasteiger partial charge in [-0.25, -0.2) is 4.79 Å². The first-order valence-corrected chi connectivity index (χ1v) is 7.20. The van der Waals surface area contributed by atoms with Gasteiger partial charge in [0.25, 0.3) is 0 Å². The van der Waals surface area contributed by atoms with Gasteiger partial charge in [0.2, 0.25) is 0 Å². The van der Waals surface area contributed by atoms with Gasteiger partial charge in [0.15, 0.2) is 0 Å². The number of halogens is 3. The molecule has 7 nitrogen and oxygen atoms in total. The maximum Gasteiger partial charge on any atom is 0.573 e. The van der Waals surface area contributed by atoms with Crippen molar-refractivity contribution < 1.29 is 42.8 Å². The fourth-order valence-electron chi connectivity index (χ4n) is 1.79. The summed E-state index contributed by atoms with van der Waals surface area (Å²) in [5, 5.41) is 31.8. The Morgan fingerprint density at radius 3 is 2.32 bits per heavy atom. The molecule has 0 spiro atoms. The minimum absolute atomic E-state index is 0.229. The zero-order valence-electron chi connectivity index (χ0n) is 13.8. The second kappa shape index (κ2) is 7.79. The molecule has 2 unspecified atom stereocenters. The number of ether oxygens (including phenoxy) is 2. The predicted octanol–water partition coefficient (Wildman–Crippen LogP) is 2.21. The molecular formula is C15H20F3NO6. The van der Waals surface area contributed by atoms with Crippen LogP contribution in [0.1, 0.15) is 32.4 Å².